The van der Waals surface area contributed by atoms with Gasteiger partial charge in [0.05, 0.1) is 5.56 Å². The average Bonchev–Trinajstić information content (AvgIpc) is 3.33. The lowest BCUT2D eigenvalue weighted by Crippen LogP contribution is -2.29. The maximum Gasteiger partial charge on any atom is 0.256 e. The summed E-state index contributed by atoms with van der Waals surface area (Å²) in [6.07, 6.45) is 2.85. The van der Waals surface area contributed by atoms with Crippen molar-refractivity contribution in [2.45, 2.75) is 18.9 Å². The number of likely N-dealkylation sites (N-methyl/N-ethyl adjacent to an activating group) is 1. The second kappa shape index (κ2) is 7.70. The van der Waals surface area contributed by atoms with Gasteiger partial charge in [-0.15, -0.1) is 0 Å². The molecule has 1 unspecified atom stereocenters. The minimum absolute atomic E-state index is 0.0279. The van der Waals surface area contributed by atoms with Crippen LogP contribution < -0.4 is 0 Å². The lowest BCUT2D eigenvalue weighted by molar-refractivity contribution is -0.129. The van der Waals surface area contributed by atoms with Crippen molar-refractivity contribution < 1.29 is 14.0 Å². The van der Waals surface area contributed by atoms with E-state index in [0.29, 0.717) is 13.1 Å². The molecule has 1 fully saturated rings. The highest BCUT2D eigenvalue weighted by Gasteiger charge is 2.31. The lowest BCUT2D eigenvalue weighted by Gasteiger charge is -2.17. The molecule has 0 N–H and O–H groups in total. The van der Waals surface area contributed by atoms with Gasteiger partial charge in [0.2, 0.25) is 5.91 Å². The molecular weight excluding hydrogens is 369 g/mol. The summed E-state index contributed by atoms with van der Waals surface area (Å²) >= 11 is 0. The summed E-state index contributed by atoms with van der Waals surface area (Å²) < 4.78 is 16.0. The molecule has 1 aromatic heterocycles. The van der Waals surface area contributed by atoms with Crippen molar-refractivity contribution in [2.75, 3.05) is 27.2 Å². The summed E-state index contributed by atoms with van der Waals surface area (Å²) in [5.41, 5.74) is 2.26. The van der Waals surface area contributed by atoms with Gasteiger partial charge in [-0.05, 0) is 30.2 Å². The monoisotopic (exact) mass is 393 g/mol. The second-order valence-corrected chi connectivity index (χ2v) is 7.73. The van der Waals surface area contributed by atoms with Crippen molar-refractivity contribution in [3.05, 3.63) is 71.7 Å². The summed E-state index contributed by atoms with van der Waals surface area (Å²) in [6.45, 7) is 1.41. The first-order chi connectivity index (χ1) is 14.0. The van der Waals surface area contributed by atoms with Crippen molar-refractivity contribution >= 4 is 22.7 Å². The van der Waals surface area contributed by atoms with E-state index in [-0.39, 0.29) is 29.8 Å². The standard InChI is InChI=1S/C23H24FN3O2/c1-25(2)22(28)15-27-14-19(17-7-4-6-10-21(17)27)16-11-12-26(13-16)23(29)18-8-3-5-9-20(18)24/h3-10,14,16H,11-13,15H2,1-2H3. The van der Waals surface area contributed by atoms with Crippen LogP contribution in [-0.2, 0) is 11.3 Å². The molecule has 2 aromatic carbocycles. The highest BCUT2D eigenvalue weighted by Crippen LogP contribution is 2.34. The topological polar surface area (TPSA) is 45.6 Å². The molecule has 1 saturated heterocycles. The third-order valence-corrected chi connectivity index (χ3v) is 5.64. The Morgan fingerprint density at radius 1 is 1.10 bits per heavy atom. The first-order valence-electron chi connectivity index (χ1n) is 9.77. The van der Waals surface area contributed by atoms with Gasteiger partial charge in [-0.25, -0.2) is 4.39 Å². The molecule has 6 heteroatoms. The van der Waals surface area contributed by atoms with Gasteiger partial charge in [0.1, 0.15) is 12.4 Å². The number of carbonyl (C=O) groups excluding carboxylic acids is 2. The molecule has 5 nitrogen and oxygen atoms in total. The number of carbonyl (C=O) groups is 2. The third-order valence-electron chi connectivity index (χ3n) is 5.64. The molecule has 0 saturated carbocycles. The van der Waals surface area contributed by atoms with E-state index in [4.69, 9.17) is 0 Å². The van der Waals surface area contributed by atoms with Gasteiger partial charge >= 0.3 is 0 Å². The number of hydrogen-bond donors (Lipinski definition) is 0. The normalized spacial score (nSPS) is 16.4. The number of amides is 2. The Kier molecular flexibility index (Phi) is 5.09. The number of fused-ring (bicyclic) bond motifs is 1. The smallest absolute Gasteiger partial charge is 0.256 e. The number of likely N-dealkylation sites (tertiary alicyclic amines) is 1. The van der Waals surface area contributed by atoms with Crippen molar-refractivity contribution in [3.63, 3.8) is 0 Å². The number of halogens is 1. The van der Waals surface area contributed by atoms with E-state index in [1.807, 2.05) is 29.0 Å². The summed E-state index contributed by atoms with van der Waals surface area (Å²) in [6, 6.07) is 14.1. The summed E-state index contributed by atoms with van der Waals surface area (Å²) in [7, 11) is 3.50. The van der Waals surface area contributed by atoms with Gasteiger partial charge in [-0.1, -0.05) is 30.3 Å². The van der Waals surface area contributed by atoms with Gasteiger partial charge in [-0.3, -0.25) is 9.59 Å². The SMILES string of the molecule is CN(C)C(=O)Cn1cc(C2CCN(C(=O)c3ccccc3F)C2)c2ccccc21. The largest absolute Gasteiger partial charge is 0.347 e. The molecule has 1 aliphatic rings. The van der Waals surface area contributed by atoms with Gasteiger partial charge in [0, 0.05) is 50.2 Å². The van der Waals surface area contributed by atoms with Crippen molar-refractivity contribution in [1.82, 2.24) is 14.4 Å². The van der Waals surface area contributed by atoms with E-state index in [2.05, 4.69) is 6.07 Å². The molecule has 29 heavy (non-hydrogen) atoms. The van der Waals surface area contributed by atoms with E-state index < -0.39 is 5.82 Å². The van der Waals surface area contributed by atoms with Crippen LogP contribution in [-0.4, -0.2) is 53.4 Å². The maximum absolute atomic E-state index is 14.0. The number of para-hydroxylation sites is 1. The predicted octanol–water partition coefficient (Wildman–Crippen LogP) is 3.50. The van der Waals surface area contributed by atoms with Gasteiger partial charge in [0.15, 0.2) is 0 Å². The molecule has 150 valence electrons. The molecule has 1 aliphatic heterocycles. The zero-order valence-corrected chi connectivity index (χ0v) is 16.6. The lowest BCUT2D eigenvalue weighted by atomic mass is 9.98. The van der Waals surface area contributed by atoms with Crippen LogP contribution in [0.15, 0.2) is 54.7 Å². The van der Waals surface area contributed by atoms with Gasteiger partial charge < -0.3 is 14.4 Å². The Hall–Kier alpha value is -3.15. The van der Waals surface area contributed by atoms with Crippen molar-refractivity contribution in [3.8, 4) is 0 Å². The molecule has 4 rings (SSSR count). The summed E-state index contributed by atoms with van der Waals surface area (Å²) in [5.74, 6) is -0.566. The van der Waals surface area contributed by atoms with E-state index in [9.17, 15) is 14.0 Å². The van der Waals surface area contributed by atoms with E-state index in [1.54, 1.807) is 36.0 Å². The molecule has 2 heterocycles. The van der Waals surface area contributed by atoms with Crippen LogP contribution in [0.5, 0.6) is 0 Å². The Balaban J connectivity index is 1.60. The molecule has 0 spiro atoms. The Morgan fingerprint density at radius 2 is 1.83 bits per heavy atom. The fourth-order valence-corrected chi connectivity index (χ4v) is 4.02. The Bertz CT molecular complexity index is 1070. The van der Waals surface area contributed by atoms with E-state index in [0.717, 1.165) is 22.9 Å². The highest BCUT2D eigenvalue weighted by molar-refractivity contribution is 5.95. The molecule has 3 aromatic rings. The highest BCUT2D eigenvalue weighted by atomic mass is 19.1. The van der Waals surface area contributed by atoms with Gasteiger partial charge in [0.25, 0.3) is 5.91 Å². The first-order valence-corrected chi connectivity index (χ1v) is 9.77. The third kappa shape index (κ3) is 3.62. The fourth-order valence-electron chi connectivity index (χ4n) is 4.02. The molecule has 0 aliphatic carbocycles. The fraction of sp³-hybridized carbons (Fsp3) is 0.304. The van der Waals surface area contributed by atoms with Crippen molar-refractivity contribution in [2.24, 2.45) is 0 Å². The Morgan fingerprint density at radius 3 is 2.59 bits per heavy atom. The number of nitrogens with zero attached hydrogens (tertiary/aromatic N) is 3. The molecule has 1 atom stereocenters. The van der Waals surface area contributed by atoms with Crippen LogP contribution in [0.3, 0.4) is 0 Å². The van der Waals surface area contributed by atoms with E-state index >= 15 is 0 Å². The van der Waals surface area contributed by atoms with Crippen molar-refractivity contribution in [1.29, 1.82) is 0 Å². The zero-order valence-electron chi connectivity index (χ0n) is 16.6. The van der Waals surface area contributed by atoms with Crippen LogP contribution in [0.25, 0.3) is 10.9 Å². The number of benzene rings is 2. The molecule has 2 amide bonds. The number of aromatic nitrogens is 1. The quantitative estimate of drug-likeness (QED) is 0.681. The second-order valence-electron chi connectivity index (χ2n) is 7.73. The van der Waals surface area contributed by atoms with Crippen LogP contribution >= 0.6 is 0 Å². The Labute approximate surface area is 169 Å². The maximum atomic E-state index is 14.0. The van der Waals surface area contributed by atoms with E-state index in [1.165, 1.54) is 12.1 Å². The minimum atomic E-state index is -0.486. The number of hydrogen-bond acceptors (Lipinski definition) is 2. The summed E-state index contributed by atoms with van der Waals surface area (Å²) in [5, 5.41) is 1.10. The van der Waals surface area contributed by atoms with Crippen LogP contribution in [0.4, 0.5) is 4.39 Å². The predicted molar refractivity (Wildman–Crippen MR) is 110 cm³/mol. The molecular formula is C23H24FN3O2. The number of rotatable bonds is 4. The van der Waals surface area contributed by atoms with Gasteiger partial charge in [-0.2, -0.15) is 0 Å². The van der Waals surface area contributed by atoms with Crippen LogP contribution in [0, 0.1) is 5.82 Å². The minimum Gasteiger partial charge on any atom is -0.347 e. The summed E-state index contributed by atoms with van der Waals surface area (Å²) in [4.78, 5) is 28.3. The average molecular weight is 393 g/mol. The van der Waals surface area contributed by atoms with Crippen LogP contribution in [0.2, 0.25) is 0 Å². The van der Waals surface area contributed by atoms with Crippen LogP contribution in [0.1, 0.15) is 28.3 Å². The first kappa shape index (κ1) is 19.2. The molecule has 0 radical (unpaired) electrons. The molecule has 0 bridgehead atoms. The zero-order chi connectivity index (χ0) is 20.5.